The fourth-order valence-electron chi connectivity index (χ4n) is 4.10. The Labute approximate surface area is 233 Å². The number of allylic oxidation sites excluding steroid dienone is 2. The maximum absolute atomic E-state index is 14.3. The molecule has 0 fully saturated rings. The zero-order chi connectivity index (χ0) is 29.4. The van der Waals surface area contributed by atoms with E-state index >= 15 is 0 Å². The summed E-state index contributed by atoms with van der Waals surface area (Å²) in [5, 5.41) is 29.4. The van der Waals surface area contributed by atoms with Crippen LogP contribution in [0.25, 0.3) is 33.2 Å². The average Bonchev–Trinajstić information content (AvgIpc) is 3.63. The second-order valence-corrected chi connectivity index (χ2v) is 8.42. The first kappa shape index (κ1) is 25.4. The Morgan fingerprint density at radius 3 is 2.33 bits per heavy atom. The first-order valence-corrected chi connectivity index (χ1v) is 11.7. The molecule has 4 aromatic rings. The van der Waals surface area contributed by atoms with Gasteiger partial charge in [-0.2, -0.15) is 10.5 Å². The van der Waals surface area contributed by atoms with Crippen LogP contribution in [0.2, 0.25) is 0 Å². The normalized spacial score (nSPS) is 14.7. The van der Waals surface area contributed by atoms with E-state index in [4.69, 9.17) is 6.57 Å². The molecule has 0 saturated carbocycles. The lowest BCUT2D eigenvalue weighted by Crippen LogP contribution is -2.25. The number of hydrogen-bond acceptors (Lipinski definition) is 11. The Morgan fingerprint density at radius 1 is 0.833 bits per heavy atom. The highest BCUT2D eigenvalue weighted by Crippen LogP contribution is 2.26. The number of fused-ring (bicyclic) bond motifs is 2. The summed E-state index contributed by atoms with van der Waals surface area (Å²) in [7, 11) is 0. The molecule has 0 amide bonds. The molecule has 14 heteroatoms. The number of nitriles is 3. The number of hydrogen-bond donors (Lipinski definition) is 0. The summed E-state index contributed by atoms with van der Waals surface area (Å²) in [5.74, 6) is -2.36. The summed E-state index contributed by atoms with van der Waals surface area (Å²) in [4.78, 5) is 37.1. The van der Waals surface area contributed by atoms with Gasteiger partial charge < -0.3 is 0 Å². The molecule has 194 valence electrons. The minimum atomic E-state index is -0.953. The quantitative estimate of drug-likeness (QED) is 0.276. The highest BCUT2D eigenvalue weighted by Gasteiger charge is 2.22. The van der Waals surface area contributed by atoms with Crippen LogP contribution in [0.5, 0.6) is 0 Å². The molecule has 0 radical (unpaired) electrons. The third kappa shape index (κ3) is 4.20. The van der Waals surface area contributed by atoms with Gasteiger partial charge in [0.1, 0.15) is 34.2 Å². The zero-order valence-electron chi connectivity index (χ0n) is 20.7. The van der Waals surface area contributed by atoms with Gasteiger partial charge in [-0.05, 0) is 24.3 Å². The topological polar surface area (TPSA) is 177 Å². The van der Waals surface area contributed by atoms with Gasteiger partial charge in [-0.1, -0.05) is 0 Å². The molecule has 12 nitrogen and oxygen atoms in total. The summed E-state index contributed by atoms with van der Waals surface area (Å²) in [6, 6.07) is 13.7. The lowest BCUT2D eigenvalue weighted by Gasteiger charge is -2.08. The molecule has 6 rings (SSSR count). The minimum Gasteiger partial charge on any atom is -0.264 e. The Kier molecular flexibility index (Phi) is 6.05. The van der Waals surface area contributed by atoms with Crippen LogP contribution in [0.15, 0.2) is 86.1 Å². The Bertz CT molecular complexity index is 2350. The molecule has 2 aromatic carbocycles. The molecule has 0 atom stereocenters. The Balaban J connectivity index is 1.63. The van der Waals surface area contributed by atoms with Crippen LogP contribution >= 0.6 is 0 Å². The highest BCUT2D eigenvalue weighted by molar-refractivity contribution is 5.78. The van der Waals surface area contributed by atoms with Crippen molar-refractivity contribution in [2.24, 2.45) is 20.0 Å². The zero-order valence-corrected chi connectivity index (χ0v) is 20.7. The molecule has 0 bridgehead atoms. The molecule has 2 aliphatic heterocycles. The number of rotatable bonds is 3. The van der Waals surface area contributed by atoms with Crippen molar-refractivity contribution in [2.45, 2.75) is 0 Å². The van der Waals surface area contributed by atoms with Gasteiger partial charge in [0.05, 0.1) is 28.9 Å². The number of benzene rings is 2. The molecule has 42 heavy (non-hydrogen) atoms. The fourth-order valence-corrected chi connectivity index (χ4v) is 4.10. The van der Waals surface area contributed by atoms with Crippen LogP contribution in [0, 0.1) is 52.2 Å². The smallest absolute Gasteiger partial charge is 0.264 e. The maximum Gasteiger partial charge on any atom is 0.305 e. The second kappa shape index (κ2) is 10.0. The number of nitrogens with zero attached hydrogens (tertiary/aromatic N) is 12. The third-order valence-electron chi connectivity index (χ3n) is 5.95. The van der Waals surface area contributed by atoms with E-state index in [0.717, 1.165) is 6.07 Å². The first-order chi connectivity index (χ1) is 20.4. The van der Waals surface area contributed by atoms with Gasteiger partial charge in [0.2, 0.25) is 0 Å². The lowest BCUT2D eigenvalue weighted by molar-refractivity contribution is 0.571. The largest absolute Gasteiger partial charge is 0.305 e. The monoisotopic (exact) mass is 550 g/mol. The second-order valence-electron chi connectivity index (χ2n) is 8.42. The molecule has 4 heterocycles. The predicted molar refractivity (Wildman–Crippen MR) is 136 cm³/mol. The van der Waals surface area contributed by atoms with E-state index in [1.54, 1.807) is 24.4 Å². The fraction of sp³-hybridized carbons (Fsp3) is 0. The summed E-state index contributed by atoms with van der Waals surface area (Å²) in [5.41, 5.74) is 0.0195. The average molecular weight is 550 g/mol. The SMILES string of the molecule is [C-]#[N+]/C(C#N)=C1\N=c2ccc(-c3nc(/C(C#N)=C4/N=c5cc(F)cc(F)c5=N4)nc(-c4cccnc4)n3)c(C#N)c2=N1. The molecular formula is C28H8F2N12. The van der Waals surface area contributed by atoms with Crippen molar-refractivity contribution in [2.75, 3.05) is 0 Å². The molecule has 2 aliphatic rings. The van der Waals surface area contributed by atoms with Crippen LogP contribution in [0.3, 0.4) is 0 Å². The molecule has 0 N–H and O–H groups in total. The predicted octanol–water partition coefficient (Wildman–Crippen LogP) is 1.76. The van der Waals surface area contributed by atoms with Crippen molar-refractivity contribution >= 4 is 5.57 Å². The van der Waals surface area contributed by atoms with Gasteiger partial charge >= 0.3 is 5.70 Å². The third-order valence-corrected chi connectivity index (χ3v) is 5.95. The summed E-state index contributed by atoms with van der Waals surface area (Å²) >= 11 is 0. The van der Waals surface area contributed by atoms with Gasteiger partial charge in [-0.3, -0.25) is 4.98 Å². The van der Waals surface area contributed by atoms with E-state index < -0.39 is 11.6 Å². The van der Waals surface area contributed by atoms with Gasteiger partial charge in [-0.15, -0.1) is 0 Å². The van der Waals surface area contributed by atoms with Crippen molar-refractivity contribution in [3.05, 3.63) is 122 Å². The van der Waals surface area contributed by atoms with Crippen molar-refractivity contribution < 1.29 is 8.78 Å². The van der Waals surface area contributed by atoms with E-state index in [1.165, 1.54) is 18.3 Å². The van der Waals surface area contributed by atoms with Crippen LogP contribution in [0.1, 0.15) is 11.4 Å². The van der Waals surface area contributed by atoms with E-state index in [-0.39, 0.29) is 72.9 Å². The van der Waals surface area contributed by atoms with Gasteiger partial charge in [0.25, 0.3) is 0 Å². The molecule has 0 saturated heterocycles. The molecule has 2 aromatic heterocycles. The maximum atomic E-state index is 14.3. The van der Waals surface area contributed by atoms with Crippen LogP contribution in [-0.2, 0) is 0 Å². The minimum absolute atomic E-state index is 0.00541. The van der Waals surface area contributed by atoms with Crippen LogP contribution < -0.4 is 21.4 Å². The first-order valence-electron chi connectivity index (χ1n) is 11.7. The van der Waals surface area contributed by atoms with Crippen molar-refractivity contribution in [1.82, 2.24) is 19.9 Å². The van der Waals surface area contributed by atoms with Crippen molar-refractivity contribution in [1.29, 1.82) is 15.8 Å². The van der Waals surface area contributed by atoms with Crippen molar-refractivity contribution in [3.8, 4) is 41.0 Å². The molecule has 0 aliphatic carbocycles. The van der Waals surface area contributed by atoms with Gasteiger partial charge in [0.15, 0.2) is 34.9 Å². The van der Waals surface area contributed by atoms with E-state index in [2.05, 4.69) is 44.8 Å². The number of halogens is 2. The highest BCUT2D eigenvalue weighted by atomic mass is 19.1. The summed E-state index contributed by atoms with van der Waals surface area (Å²) in [6.45, 7) is 7.17. The lowest BCUT2D eigenvalue weighted by atomic mass is 10.1. The van der Waals surface area contributed by atoms with Crippen molar-refractivity contribution in [3.63, 3.8) is 0 Å². The van der Waals surface area contributed by atoms with E-state index in [0.29, 0.717) is 11.6 Å². The summed E-state index contributed by atoms with van der Waals surface area (Å²) in [6.07, 6.45) is 3.02. The van der Waals surface area contributed by atoms with E-state index in [9.17, 15) is 24.6 Å². The standard InChI is InChI=1S/C28H8F2N12/c1-34-21(11-33)28-36-19-5-4-15(16(9-31)22(19)38-28)25-40-24(13-3-2-6-35-12-13)41-27(42-25)17(10-32)26-37-20-8-14(29)7-18(30)23(20)39-26/h2-8,12H/b26-17-,28-21+. The Morgan fingerprint density at radius 2 is 1.62 bits per heavy atom. The number of aromatic nitrogens is 4. The molecule has 0 unspecified atom stereocenters. The van der Waals surface area contributed by atoms with Crippen LogP contribution in [-0.4, -0.2) is 19.9 Å². The van der Waals surface area contributed by atoms with E-state index in [1.807, 2.05) is 12.1 Å². The van der Waals surface area contributed by atoms with Gasteiger partial charge in [0, 0.05) is 35.7 Å². The summed E-state index contributed by atoms with van der Waals surface area (Å²) < 4.78 is 28.1. The van der Waals surface area contributed by atoms with Gasteiger partial charge in [-0.25, -0.2) is 53.8 Å². The van der Waals surface area contributed by atoms with Crippen LogP contribution in [0.4, 0.5) is 8.78 Å². The molecule has 0 spiro atoms. The number of pyridine rings is 1. The molecular weight excluding hydrogens is 542 g/mol. The Hall–Kier alpha value is -6.90.